The molecule has 0 radical (unpaired) electrons. The van der Waals surface area contributed by atoms with Crippen LogP contribution in [0.25, 0.3) is 0 Å². The number of hydrogen-bond acceptors (Lipinski definition) is 4. The van der Waals surface area contributed by atoms with E-state index in [9.17, 15) is 4.79 Å². The highest BCUT2D eigenvalue weighted by atomic mass is 79.9. The Morgan fingerprint density at radius 2 is 1.84 bits per heavy atom. The van der Waals surface area contributed by atoms with E-state index in [2.05, 4.69) is 37.2 Å². The number of hydrogen-bond donors (Lipinski definition) is 2. The maximum absolute atomic E-state index is 11.1. The standard InChI is InChI=1S/C18H19Br2NO4/c1-10(2)25-17-13(19)6-11(7-14(17)20)9-21-15-8-12(18(22)23)4-5-16(15)24-3/h4-8,10,21H,9H2,1-3H3,(H,22,23). The van der Waals surface area contributed by atoms with Crippen molar-refractivity contribution in [1.29, 1.82) is 0 Å². The summed E-state index contributed by atoms with van der Waals surface area (Å²) in [5.41, 5.74) is 1.82. The third-order valence-corrected chi connectivity index (χ3v) is 4.52. The summed E-state index contributed by atoms with van der Waals surface area (Å²) in [5.74, 6) is 0.360. The van der Waals surface area contributed by atoms with Crippen molar-refractivity contribution in [3.63, 3.8) is 0 Å². The number of aromatic carboxylic acids is 1. The van der Waals surface area contributed by atoms with Crippen LogP contribution in [-0.2, 0) is 6.54 Å². The number of carbonyl (C=O) groups is 1. The van der Waals surface area contributed by atoms with E-state index < -0.39 is 5.97 Å². The smallest absolute Gasteiger partial charge is 0.335 e. The van der Waals surface area contributed by atoms with Gasteiger partial charge in [-0.25, -0.2) is 4.79 Å². The third kappa shape index (κ3) is 5.12. The lowest BCUT2D eigenvalue weighted by atomic mass is 10.1. The van der Waals surface area contributed by atoms with Gasteiger partial charge in [0.25, 0.3) is 0 Å². The predicted molar refractivity (Wildman–Crippen MR) is 105 cm³/mol. The highest BCUT2D eigenvalue weighted by Gasteiger charge is 2.12. The highest BCUT2D eigenvalue weighted by Crippen LogP contribution is 2.36. The summed E-state index contributed by atoms with van der Waals surface area (Å²) >= 11 is 7.05. The monoisotopic (exact) mass is 471 g/mol. The molecule has 0 saturated carbocycles. The number of benzene rings is 2. The van der Waals surface area contributed by atoms with E-state index in [0.717, 1.165) is 20.3 Å². The molecule has 25 heavy (non-hydrogen) atoms. The zero-order valence-electron chi connectivity index (χ0n) is 14.1. The molecule has 0 atom stereocenters. The van der Waals surface area contributed by atoms with Crippen LogP contribution in [0, 0.1) is 0 Å². The summed E-state index contributed by atoms with van der Waals surface area (Å²) in [4.78, 5) is 11.1. The molecule has 0 spiro atoms. The second-order valence-corrected chi connectivity index (χ2v) is 7.34. The number of ether oxygens (including phenoxy) is 2. The number of carboxylic acids is 1. The van der Waals surface area contributed by atoms with Crippen LogP contribution < -0.4 is 14.8 Å². The molecule has 0 unspecified atom stereocenters. The van der Waals surface area contributed by atoms with Gasteiger partial charge in [0.2, 0.25) is 0 Å². The molecule has 0 heterocycles. The van der Waals surface area contributed by atoms with Gasteiger partial charge in [-0.05, 0) is 81.6 Å². The lowest BCUT2D eigenvalue weighted by molar-refractivity contribution is 0.0697. The van der Waals surface area contributed by atoms with Crippen molar-refractivity contribution in [3.8, 4) is 11.5 Å². The fourth-order valence-corrected chi connectivity index (χ4v) is 3.71. The van der Waals surface area contributed by atoms with Gasteiger partial charge < -0.3 is 19.9 Å². The fraction of sp³-hybridized carbons (Fsp3) is 0.278. The van der Waals surface area contributed by atoms with Crippen LogP contribution in [0.2, 0.25) is 0 Å². The number of halogens is 2. The number of methoxy groups -OCH3 is 1. The highest BCUT2D eigenvalue weighted by molar-refractivity contribution is 9.11. The van der Waals surface area contributed by atoms with Crippen molar-refractivity contribution < 1.29 is 19.4 Å². The van der Waals surface area contributed by atoms with Gasteiger partial charge >= 0.3 is 5.97 Å². The third-order valence-electron chi connectivity index (χ3n) is 3.34. The van der Waals surface area contributed by atoms with Crippen molar-refractivity contribution in [2.24, 2.45) is 0 Å². The Labute approximate surface area is 163 Å². The SMILES string of the molecule is COc1ccc(C(=O)O)cc1NCc1cc(Br)c(OC(C)C)c(Br)c1. The van der Waals surface area contributed by atoms with Crippen LogP contribution >= 0.6 is 31.9 Å². The first-order valence-electron chi connectivity index (χ1n) is 7.61. The van der Waals surface area contributed by atoms with Gasteiger partial charge in [0.15, 0.2) is 0 Å². The zero-order chi connectivity index (χ0) is 18.6. The largest absolute Gasteiger partial charge is 0.495 e. The lowest BCUT2D eigenvalue weighted by Gasteiger charge is -2.16. The molecule has 0 aromatic heterocycles. The maximum Gasteiger partial charge on any atom is 0.335 e. The molecular formula is C18H19Br2NO4. The Kier molecular flexibility index (Phi) is 6.72. The molecule has 0 saturated heterocycles. The van der Waals surface area contributed by atoms with Crippen molar-refractivity contribution in [2.45, 2.75) is 26.5 Å². The van der Waals surface area contributed by atoms with Gasteiger partial charge in [-0.2, -0.15) is 0 Å². The minimum absolute atomic E-state index is 0.0691. The molecule has 2 aromatic rings. The molecule has 7 heteroatoms. The molecule has 134 valence electrons. The Balaban J connectivity index is 2.21. The zero-order valence-corrected chi connectivity index (χ0v) is 17.3. The van der Waals surface area contributed by atoms with E-state index in [1.807, 2.05) is 26.0 Å². The van der Waals surface area contributed by atoms with Gasteiger partial charge in [-0.1, -0.05) is 0 Å². The number of carboxylic acid groups (broad SMARTS) is 1. The van der Waals surface area contributed by atoms with E-state index in [1.165, 1.54) is 6.07 Å². The molecule has 0 amide bonds. The second kappa shape index (κ2) is 8.58. The summed E-state index contributed by atoms with van der Waals surface area (Å²) in [6, 6.07) is 8.63. The molecule has 0 aliphatic carbocycles. The molecule has 5 nitrogen and oxygen atoms in total. The van der Waals surface area contributed by atoms with E-state index in [1.54, 1.807) is 19.2 Å². The molecule has 0 bridgehead atoms. The van der Waals surface area contributed by atoms with Gasteiger partial charge in [-0.15, -0.1) is 0 Å². The summed E-state index contributed by atoms with van der Waals surface area (Å²) in [7, 11) is 1.55. The van der Waals surface area contributed by atoms with Crippen molar-refractivity contribution in [1.82, 2.24) is 0 Å². The van der Waals surface area contributed by atoms with Crippen LogP contribution in [-0.4, -0.2) is 24.3 Å². The van der Waals surface area contributed by atoms with Gasteiger partial charge in [0.05, 0.1) is 33.4 Å². The van der Waals surface area contributed by atoms with Crippen molar-refractivity contribution in [3.05, 3.63) is 50.4 Å². The van der Waals surface area contributed by atoms with Gasteiger partial charge in [0, 0.05) is 6.54 Å². The second-order valence-electron chi connectivity index (χ2n) is 5.63. The van der Waals surface area contributed by atoms with Crippen LogP contribution in [0.1, 0.15) is 29.8 Å². The van der Waals surface area contributed by atoms with E-state index >= 15 is 0 Å². The van der Waals surface area contributed by atoms with Crippen molar-refractivity contribution >= 4 is 43.5 Å². The summed E-state index contributed by atoms with van der Waals surface area (Å²) in [6.07, 6.45) is 0.0691. The average molecular weight is 473 g/mol. The number of rotatable bonds is 7. The normalized spacial score (nSPS) is 10.6. The molecule has 2 rings (SSSR count). The Morgan fingerprint density at radius 3 is 2.36 bits per heavy atom. The Bertz CT molecular complexity index is 755. The van der Waals surface area contributed by atoms with Crippen LogP contribution in [0.4, 0.5) is 5.69 Å². The molecule has 0 aliphatic heterocycles. The molecule has 2 N–H and O–H groups in total. The first-order chi connectivity index (χ1) is 11.8. The first-order valence-corrected chi connectivity index (χ1v) is 9.20. The predicted octanol–water partition coefficient (Wildman–Crippen LogP) is 5.32. The van der Waals surface area contributed by atoms with Gasteiger partial charge in [-0.3, -0.25) is 0 Å². The van der Waals surface area contributed by atoms with Gasteiger partial charge in [0.1, 0.15) is 11.5 Å². The Morgan fingerprint density at radius 1 is 1.20 bits per heavy atom. The topological polar surface area (TPSA) is 67.8 Å². The summed E-state index contributed by atoms with van der Waals surface area (Å²) < 4.78 is 12.7. The molecular weight excluding hydrogens is 454 g/mol. The average Bonchev–Trinajstić information content (AvgIpc) is 2.55. The molecule has 0 fully saturated rings. The van der Waals surface area contributed by atoms with E-state index in [0.29, 0.717) is 18.0 Å². The minimum Gasteiger partial charge on any atom is -0.495 e. The van der Waals surface area contributed by atoms with Crippen LogP contribution in [0.5, 0.6) is 11.5 Å². The van der Waals surface area contributed by atoms with Crippen LogP contribution in [0.3, 0.4) is 0 Å². The minimum atomic E-state index is -0.980. The lowest BCUT2D eigenvalue weighted by Crippen LogP contribution is -2.08. The Hall–Kier alpha value is -1.73. The van der Waals surface area contributed by atoms with E-state index in [4.69, 9.17) is 14.6 Å². The summed E-state index contributed by atoms with van der Waals surface area (Å²) in [5, 5.41) is 12.4. The fourth-order valence-electron chi connectivity index (χ4n) is 2.24. The first kappa shape index (κ1) is 19.6. The number of nitrogens with one attached hydrogen (secondary N) is 1. The van der Waals surface area contributed by atoms with Crippen LogP contribution in [0.15, 0.2) is 39.3 Å². The molecule has 0 aliphatic rings. The maximum atomic E-state index is 11.1. The number of anilines is 1. The van der Waals surface area contributed by atoms with Crippen molar-refractivity contribution in [2.75, 3.05) is 12.4 Å². The quantitative estimate of drug-likeness (QED) is 0.570. The summed E-state index contributed by atoms with van der Waals surface area (Å²) in [6.45, 7) is 4.44. The van der Waals surface area contributed by atoms with E-state index in [-0.39, 0.29) is 11.7 Å². The molecule has 2 aromatic carbocycles.